The molecule has 0 amide bonds. The summed E-state index contributed by atoms with van der Waals surface area (Å²) in [6, 6.07) is 3.76. The Kier molecular flexibility index (Phi) is 4.97. The summed E-state index contributed by atoms with van der Waals surface area (Å²) in [7, 11) is 0. The van der Waals surface area contributed by atoms with E-state index in [1.165, 1.54) is 18.6 Å². The van der Waals surface area contributed by atoms with Crippen LogP contribution in [0.3, 0.4) is 0 Å². The molecule has 2 bridgehead atoms. The lowest BCUT2D eigenvalue weighted by Crippen LogP contribution is -2.69. The van der Waals surface area contributed by atoms with Gasteiger partial charge in [0.25, 0.3) is 0 Å². The lowest BCUT2D eigenvalue weighted by Gasteiger charge is -2.59. The highest BCUT2D eigenvalue weighted by Crippen LogP contribution is 2.60. The van der Waals surface area contributed by atoms with Crippen molar-refractivity contribution in [3.05, 3.63) is 35.4 Å². The molecule has 0 aromatic heterocycles. The summed E-state index contributed by atoms with van der Waals surface area (Å²) in [6.07, 6.45) is 6.13. The summed E-state index contributed by atoms with van der Waals surface area (Å²) in [5.41, 5.74) is 0.165. The van der Waals surface area contributed by atoms with E-state index in [4.69, 9.17) is 19.2 Å². The Bertz CT molecular complexity index is 753. The normalized spacial score (nSPS) is 43.7. The first kappa shape index (κ1) is 19.9. The first-order chi connectivity index (χ1) is 13.9. The van der Waals surface area contributed by atoms with Crippen LogP contribution >= 0.6 is 0 Å². The van der Waals surface area contributed by atoms with E-state index in [1.807, 2.05) is 6.92 Å². The molecule has 4 aliphatic heterocycles. The second-order valence-corrected chi connectivity index (χ2v) is 9.67. The third-order valence-electron chi connectivity index (χ3n) is 7.77. The minimum Gasteiger partial charge on any atom is -0.349 e. The maximum atomic E-state index is 13.5. The lowest BCUT2D eigenvalue weighted by molar-refractivity contribution is -0.567. The van der Waals surface area contributed by atoms with E-state index in [2.05, 4.69) is 6.92 Å². The van der Waals surface area contributed by atoms with E-state index in [9.17, 15) is 8.78 Å². The first-order valence-corrected chi connectivity index (χ1v) is 11.0. The van der Waals surface area contributed by atoms with Gasteiger partial charge in [0.15, 0.2) is 11.9 Å². The Hall–Kier alpha value is -1.08. The van der Waals surface area contributed by atoms with E-state index < -0.39 is 23.0 Å². The van der Waals surface area contributed by atoms with Gasteiger partial charge < -0.3 is 9.47 Å². The van der Waals surface area contributed by atoms with Gasteiger partial charge in [-0.2, -0.15) is 0 Å². The molecular weight excluding hydrogens is 378 g/mol. The van der Waals surface area contributed by atoms with Crippen LogP contribution in [0.15, 0.2) is 18.2 Å². The van der Waals surface area contributed by atoms with Gasteiger partial charge in [-0.1, -0.05) is 6.92 Å². The summed E-state index contributed by atoms with van der Waals surface area (Å²) in [5, 5.41) is 0. The third kappa shape index (κ3) is 3.32. The monoisotopic (exact) mass is 408 g/mol. The van der Waals surface area contributed by atoms with Crippen LogP contribution in [0, 0.1) is 35.3 Å². The molecule has 0 unspecified atom stereocenters. The van der Waals surface area contributed by atoms with Crippen molar-refractivity contribution in [1.29, 1.82) is 0 Å². The maximum Gasteiger partial charge on any atom is 0.201 e. The van der Waals surface area contributed by atoms with Gasteiger partial charge in [-0.25, -0.2) is 18.6 Å². The van der Waals surface area contributed by atoms with Crippen LogP contribution in [0.1, 0.15) is 57.9 Å². The quantitative estimate of drug-likeness (QED) is 0.646. The number of rotatable bonds is 4. The molecule has 5 aliphatic rings. The van der Waals surface area contributed by atoms with Gasteiger partial charge in [0.2, 0.25) is 5.79 Å². The predicted octanol–water partition coefficient (Wildman–Crippen LogP) is 5.15. The van der Waals surface area contributed by atoms with E-state index in [-0.39, 0.29) is 6.29 Å². The largest absolute Gasteiger partial charge is 0.349 e. The molecule has 1 spiro atoms. The molecule has 0 N–H and O–H groups in total. The summed E-state index contributed by atoms with van der Waals surface area (Å²) in [5.74, 6) is -0.221. The molecule has 1 aliphatic carbocycles. The molecule has 4 saturated heterocycles. The molecule has 6 rings (SSSR count). The standard InChI is InChI=1S/C23H30F2O4/c1-14-6-7-20-16(5-3-4-15-10-17(24)12-18(25)11-15)13-26-21-23(20)19(14)8-9-22(2,27-21)28-29-23/h10-12,14,16,19-21H,3-9,13H2,1-2H3/t14-,16+,19+,20+,21-,22-,23-/m1/s1. The molecule has 7 atom stereocenters. The Morgan fingerprint density at radius 2 is 1.83 bits per heavy atom. The van der Waals surface area contributed by atoms with E-state index >= 15 is 0 Å². The van der Waals surface area contributed by atoms with E-state index in [0.29, 0.717) is 42.3 Å². The molecule has 160 valence electrons. The molecule has 0 radical (unpaired) electrons. The average molecular weight is 408 g/mol. The number of halogens is 2. The first-order valence-electron chi connectivity index (χ1n) is 11.0. The van der Waals surface area contributed by atoms with Crippen LogP contribution in [-0.2, 0) is 25.7 Å². The van der Waals surface area contributed by atoms with Gasteiger partial charge >= 0.3 is 0 Å². The SMILES string of the molecule is C[C@@H]1CC[C@H]2[C@@H](CCCc3cc(F)cc(F)c3)CO[C@@H]3O[C@@]4(C)CC[C@@H]1[C@]32OO4. The van der Waals surface area contributed by atoms with Crippen LogP contribution in [0.4, 0.5) is 8.78 Å². The Labute approximate surface area is 170 Å². The van der Waals surface area contributed by atoms with Crippen molar-refractivity contribution in [3.8, 4) is 0 Å². The van der Waals surface area contributed by atoms with Gasteiger partial charge in [-0.3, -0.25) is 0 Å². The molecular formula is C23H30F2O4. The predicted molar refractivity (Wildman–Crippen MR) is 102 cm³/mol. The summed E-state index contributed by atoms with van der Waals surface area (Å²) < 4.78 is 39.4. The number of hydrogen-bond donors (Lipinski definition) is 0. The zero-order valence-corrected chi connectivity index (χ0v) is 17.2. The molecule has 4 heterocycles. The highest BCUT2D eigenvalue weighted by Gasteiger charge is 2.68. The molecule has 5 fully saturated rings. The Morgan fingerprint density at radius 3 is 2.62 bits per heavy atom. The van der Waals surface area contributed by atoms with Crippen LogP contribution < -0.4 is 0 Å². The summed E-state index contributed by atoms with van der Waals surface area (Å²) in [6.45, 7) is 4.87. The summed E-state index contributed by atoms with van der Waals surface area (Å²) >= 11 is 0. The fourth-order valence-corrected chi connectivity index (χ4v) is 6.33. The van der Waals surface area contributed by atoms with E-state index in [1.54, 1.807) is 0 Å². The minimum atomic E-state index is -0.730. The molecule has 4 nitrogen and oxygen atoms in total. The van der Waals surface area contributed by atoms with Gasteiger partial charge in [0.1, 0.15) is 11.6 Å². The fraction of sp³-hybridized carbons (Fsp3) is 0.739. The van der Waals surface area contributed by atoms with Crippen LogP contribution in [0.5, 0.6) is 0 Å². The highest BCUT2D eigenvalue weighted by atomic mass is 19.1. The highest BCUT2D eigenvalue weighted by molar-refractivity contribution is 5.18. The van der Waals surface area contributed by atoms with Gasteiger partial charge in [-0.05, 0) is 80.9 Å². The third-order valence-corrected chi connectivity index (χ3v) is 7.77. The Morgan fingerprint density at radius 1 is 1.03 bits per heavy atom. The lowest BCUT2D eigenvalue weighted by atomic mass is 9.57. The van der Waals surface area contributed by atoms with Crippen LogP contribution in [-0.4, -0.2) is 24.3 Å². The minimum absolute atomic E-state index is 0.314. The van der Waals surface area contributed by atoms with Crippen molar-refractivity contribution >= 4 is 0 Å². The van der Waals surface area contributed by atoms with E-state index in [0.717, 1.165) is 38.2 Å². The van der Waals surface area contributed by atoms with Gasteiger partial charge in [0.05, 0.1) is 6.61 Å². The number of hydrogen-bond acceptors (Lipinski definition) is 4. The number of fused-ring (bicyclic) bond motifs is 2. The van der Waals surface area contributed by atoms with Crippen molar-refractivity contribution in [1.82, 2.24) is 0 Å². The molecule has 1 saturated carbocycles. The Balaban J connectivity index is 1.33. The van der Waals surface area contributed by atoms with Crippen LogP contribution in [0.2, 0.25) is 0 Å². The fourth-order valence-electron chi connectivity index (χ4n) is 6.33. The van der Waals surface area contributed by atoms with Gasteiger partial charge in [0, 0.05) is 18.4 Å². The molecule has 6 heteroatoms. The maximum absolute atomic E-state index is 13.5. The van der Waals surface area contributed by atoms with Crippen molar-refractivity contribution in [2.24, 2.45) is 23.7 Å². The van der Waals surface area contributed by atoms with Crippen molar-refractivity contribution in [2.45, 2.75) is 76.5 Å². The topological polar surface area (TPSA) is 36.9 Å². The second-order valence-electron chi connectivity index (χ2n) is 9.67. The molecule has 1 aromatic carbocycles. The van der Waals surface area contributed by atoms with Crippen molar-refractivity contribution < 1.29 is 28.0 Å². The zero-order valence-electron chi connectivity index (χ0n) is 17.2. The second kappa shape index (κ2) is 7.26. The number of aryl methyl sites for hydroxylation is 1. The number of ether oxygens (including phenoxy) is 2. The summed E-state index contributed by atoms with van der Waals surface area (Å²) in [4.78, 5) is 12.0. The van der Waals surface area contributed by atoms with Gasteiger partial charge in [-0.15, -0.1) is 0 Å². The molecule has 1 aromatic rings. The average Bonchev–Trinajstić information content (AvgIpc) is 2.90. The smallest absolute Gasteiger partial charge is 0.201 e. The van der Waals surface area contributed by atoms with Crippen LogP contribution in [0.25, 0.3) is 0 Å². The van der Waals surface area contributed by atoms with Crippen molar-refractivity contribution in [2.75, 3.05) is 6.61 Å². The van der Waals surface area contributed by atoms with Crippen molar-refractivity contribution in [3.63, 3.8) is 0 Å². The zero-order chi connectivity index (χ0) is 20.2. The number of benzene rings is 1. The molecule has 29 heavy (non-hydrogen) atoms.